The van der Waals surface area contributed by atoms with Crippen LogP contribution in [-0.2, 0) is 4.79 Å². The van der Waals surface area contributed by atoms with E-state index in [1.54, 1.807) is 6.08 Å². The molecule has 2 heteroatoms. The van der Waals surface area contributed by atoms with Gasteiger partial charge >= 0.3 is 0 Å². The third kappa shape index (κ3) is 4.61. The number of carbonyl (C=O) groups is 1. The van der Waals surface area contributed by atoms with Gasteiger partial charge in [0.25, 0.3) is 0 Å². The Morgan fingerprint density at radius 2 is 1.41 bits per heavy atom. The van der Waals surface area contributed by atoms with E-state index in [9.17, 15) is 4.79 Å². The summed E-state index contributed by atoms with van der Waals surface area (Å²) in [5, 5.41) is 5.43. The lowest BCUT2D eigenvalue weighted by Crippen LogP contribution is -2.24. The van der Waals surface area contributed by atoms with Crippen LogP contribution in [0, 0.1) is 0 Å². The summed E-state index contributed by atoms with van der Waals surface area (Å²) in [5.41, 5.74) is 4.44. The van der Waals surface area contributed by atoms with Crippen molar-refractivity contribution in [2.45, 2.75) is 13.0 Å². The quantitative estimate of drug-likeness (QED) is 0.401. The number of hydrogen-bond donors (Lipinski definition) is 1. The van der Waals surface area contributed by atoms with Gasteiger partial charge in [-0.05, 0) is 52.1 Å². The molecule has 0 fully saturated rings. The van der Waals surface area contributed by atoms with Gasteiger partial charge in [-0.2, -0.15) is 0 Å². The number of hydrogen-bond acceptors (Lipinski definition) is 1. The van der Waals surface area contributed by atoms with E-state index in [-0.39, 0.29) is 11.9 Å². The minimum atomic E-state index is -0.0993. The molecule has 0 unspecified atom stereocenters. The highest BCUT2D eigenvalue weighted by Gasteiger charge is 2.08. The van der Waals surface area contributed by atoms with Crippen LogP contribution in [0.2, 0.25) is 0 Å². The van der Waals surface area contributed by atoms with Crippen LogP contribution in [-0.4, -0.2) is 5.91 Å². The van der Waals surface area contributed by atoms with Crippen molar-refractivity contribution in [1.29, 1.82) is 0 Å². The molecular weight excluding hydrogens is 354 g/mol. The molecule has 142 valence electrons. The highest BCUT2D eigenvalue weighted by Crippen LogP contribution is 2.21. The maximum atomic E-state index is 12.4. The molecular formula is C27H23NO. The van der Waals surface area contributed by atoms with E-state index in [1.165, 1.54) is 16.3 Å². The van der Waals surface area contributed by atoms with E-state index >= 15 is 0 Å². The van der Waals surface area contributed by atoms with E-state index < -0.39 is 0 Å². The lowest BCUT2D eigenvalue weighted by Gasteiger charge is -2.14. The Morgan fingerprint density at radius 3 is 2.17 bits per heavy atom. The molecule has 0 saturated heterocycles. The highest BCUT2D eigenvalue weighted by molar-refractivity contribution is 5.92. The van der Waals surface area contributed by atoms with Gasteiger partial charge in [0.1, 0.15) is 0 Å². The van der Waals surface area contributed by atoms with Crippen molar-refractivity contribution in [3.05, 3.63) is 114 Å². The van der Waals surface area contributed by atoms with Crippen molar-refractivity contribution in [3.63, 3.8) is 0 Å². The van der Waals surface area contributed by atoms with Crippen LogP contribution in [0.3, 0.4) is 0 Å². The normalized spacial score (nSPS) is 12.2. The molecule has 1 atom stereocenters. The molecule has 0 heterocycles. The fourth-order valence-corrected chi connectivity index (χ4v) is 3.41. The van der Waals surface area contributed by atoms with E-state index in [0.717, 1.165) is 16.7 Å². The van der Waals surface area contributed by atoms with Gasteiger partial charge in [0.15, 0.2) is 0 Å². The Kier molecular flexibility index (Phi) is 5.53. The third-order valence-electron chi connectivity index (χ3n) is 5.08. The smallest absolute Gasteiger partial charge is 0.244 e. The van der Waals surface area contributed by atoms with Gasteiger partial charge in [0.05, 0.1) is 6.04 Å². The molecule has 4 aromatic rings. The van der Waals surface area contributed by atoms with Crippen LogP contribution < -0.4 is 5.32 Å². The molecule has 0 aliphatic carbocycles. The van der Waals surface area contributed by atoms with Crippen molar-refractivity contribution < 1.29 is 4.79 Å². The molecule has 4 aromatic carbocycles. The molecule has 0 aliphatic heterocycles. The summed E-state index contributed by atoms with van der Waals surface area (Å²) in [6.07, 6.45) is 3.44. The Balaban J connectivity index is 1.40. The maximum Gasteiger partial charge on any atom is 0.244 e. The van der Waals surface area contributed by atoms with E-state index in [1.807, 2.05) is 55.5 Å². The molecule has 0 bridgehead atoms. The Hall–Kier alpha value is -3.65. The fourth-order valence-electron chi connectivity index (χ4n) is 3.41. The van der Waals surface area contributed by atoms with Crippen LogP contribution in [0.1, 0.15) is 24.1 Å². The topological polar surface area (TPSA) is 29.1 Å². The molecule has 0 spiro atoms. The first-order valence-electron chi connectivity index (χ1n) is 9.82. The Bertz CT molecular complexity index is 1140. The predicted molar refractivity (Wildman–Crippen MR) is 121 cm³/mol. The van der Waals surface area contributed by atoms with Crippen LogP contribution in [0.5, 0.6) is 0 Å². The van der Waals surface area contributed by atoms with Gasteiger partial charge in [-0.25, -0.2) is 0 Å². The van der Waals surface area contributed by atoms with Gasteiger partial charge in [-0.3, -0.25) is 4.79 Å². The predicted octanol–water partition coefficient (Wildman–Crippen LogP) is 6.40. The van der Waals surface area contributed by atoms with Crippen molar-refractivity contribution in [1.82, 2.24) is 5.32 Å². The molecule has 0 aliphatic rings. The first kappa shape index (κ1) is 18.7. The molecule has 1 amide bonds. The summed E-state index contributed by atoms with van der Waals surface area (Å²) in [4.78, 5) is 12.4. The molecule has 0 radical (unpaired) electrons. The summed E-state index contributed by atoms with van der Waals surface area (Å²) < 4.78 is 0. The van der Waals surface area contributed by atoms with Crippen molar-refractivity contribution >= 4 is 22.8 Å². The van der Waals surface area contributed by atoms with Gasteiger partial charge in [-0.15, -0.1) is 0 Å². The minimum absolute atomic E-state index is 0.0581. The first-order chi connectivity index (χ1) is 14.2. The van der Waals surface area contributed by atoms with Crippen molar-refractivity contribution in [3.8, 4) is 11.1 Å². The molecule has 0 saturated carbocycles. The molecule has 1 N–H and O–H groups in total. The fraction of sp³-hybridized carbons (Fsp3) is 0.0741. The van der Waals surface area contributed by atoms with Crippen LogP contribution in [0.25, 0.3) is 28.0 Å². The number of benzene rings is 4. The monoisotopic (exact) mass is 377 g/mol. The Morgan fingerprint density at radius 1 is 0.759 bits per heavy atom. The van der Waals surface area contributed by atoms with Gasteiger partial charge in [0.2, 0.25) is 5.91 Å². The molecule has 0 aromatic heterocycles. The number of fused-ring (bicyclic) bond motifs is 1. The third-order valence-corrected chi connectivity index (χ3v) is 5.08. The second kappa shape index (κ2) is 8.57. The second-order valence-electron chi connectivity index (χ2n) is 7.16. The van der Waals surface area contributed by atoms with E-state index in [0.29, 0.717) is 0 Å². The average Bonchev–Trinajstić information content (AvgIpc) is 2.78. The van der Waals surface area contributed by atoms with E-state index in [2.05, 4.69) is 59.9 Å². The van der Waals surface area contributed by atoms with Crippen molar-refractivity contribution in [2.24, 2.45) is 0 Å². The Labute approximate surface area is 171 Å². The first-order valence-corrected chi connectivity index (χ1v) is 9.82. The highest BCUT2D eigenvalue weighted by atomic mass is 16.1. The summed E-state index contributed by atoms with van der Waals surface area (Å²) in [6, 6.07) is 32.9. The molecule has 2 nitrogen and oxygen atoms in total. The number of carbonyl (C=O) groups excluding carboxylic acids is 1. The van der Waals surface area contributed by atoms with Crippen LogP contribution in [0.15, 0.2) is 103 Å². The lowest BCUT2D eigenvalue weighted by molar-refractivity contribution is -0.117. The largest absolute Gasteiger partial charge is 0.346 e. The minimum Gasteiger partial charge on any atom is -0.346 e. The lowest BCUT2D eigenvalue weighted by atomic mass is 10.0. The van der Waals surface area contributed by atoms with Crippen LogP contribution >= 0.6 is 0 Å². The maximum absolute atomic E-state index is 12.4. The standard InChI is InChI=1S/C27H23NO/c1-20(25-17-16-23-9-5-6-10-26(23)19-25)28-27(29)18-13-21-11-14-24(15-12-21)22-7-3-2-4-8-22/h2-20H,1H3,(H,28,29)/t20-/m0/s1. The van der Waals surface area contributed by atoms with Crippen molar-refractivity contribution in [2.75, 3.05) is 0 Å². The zero-order valence-electron chi connectivity index (χ0n) is 16.4. The summed E-state index contributed by atoms with van der Waals surface area (Å²) in [6.45, 7) is 2.00. The summed E-state index contributed by atoms with van der Waals surface area (Å²) >= 11 is 0. The van der Waals surface area contributed by atoms with E-state index in [4.69, 9.17) is 0 Å². The molecule has 4 rings (SSSR count). The summed E-state index contributed by atoms with van der Waals surface area (Å²) in [7, 11) is 0. The van der Waals surface area contributed by atoms with Gasteiger partial charge in [-0.1, -0.05) is 91.0 Å². The number of amides is 1. The van der Waals surface area contributed by atoms with Crippen LogP contribution in [0.4, 0.5) is 0 Å². The summed E-state index contributed by atoms with van der Waals surface area (Å²) in [5.74, 6) is -0.0993. The zero-order chi connectivity index (χ0) is 20.1. The zero-order valence-corrected chi connectivity index (χ0v) is 16.4. The number of nitrogens with one attached hydrogen (secondary N) is 1. The average molecular weight is 377 g/mol. The van der Waals surface area contributed by atoms with Gasteiger partial charge < -0.3 is 5.32 Å². The number of rotatable bonds is 5. The SMILES string of the molecule is C[C@H](NC(=O)C=Cc1ccc(-c2ccccc2)cc1)c1ccc2ccccc2c1. The molecule has 29 heavy (non-hydrogen) atoms. The van der Waals surface area contributed by atoms with Gasteiger partial charge in [0, 0.05) is 6.08 Å². The second-order valence-corrected chi connectivity index (χ2v) is 7.16.